The molecular weight excluding hydrogens is 306 g/mol. The molecule has 2 N–H and O–H groups in total. The van der Waals surface area contributed by atoms with Gasteiger partial charge in [0.1, 0.15) is 0 Å². The molecule has 0 aliphatic heterocycles. The van der Waals surface area contributed by atoms with E-state index < -0.39 is 17.8 Å². The van der Waals surface area contributed by atoms with Crippen LogP contribution in [0.15, 0.2) is 36.4 Å². The van der Waals surface area contributed by atoms with Crippen LogP contribution in [0.1, 0.15) is 24.5 Å². The van der Waals surface area contributed by atoms with Gasteiger partial charge in [0, 0.05) is 13.2 Å². The molecule has 0 radical (unpaired) electrons. The molecule has 0 unspecified atom stereocenters. The predicted molar refractivity (Wildman–Crippen MR) is 89.0 cm³/mol. The zero-order valence-corrected chi connectivity index (χ0v) is 13.8. The Morgan fingerprint density at radius 2 is 1.83 bits per heavy atom. The van der Waals surface area contributed by atoms with E-state index in [9.17, 15) is 14.7 Å². The Hall–Kier alpha value is -2.14. The van der Waals surface area contributed by atoms with Gasteiger partial charge < -0.3 is 15.2 Å². The Morgan fingerprint density at radius 3 is 2.50 bits per heavy atom. The van der Waals surface area contributed by atoms with E-state index in [-0.39, 0.29) is 17.7 Å². The fraction of sp³-hybridized carbons (Fsp3) is 0.474. The molecule has 0 heterocycles. The fourth-order valence-corrected chi connectivity index (χ4v) is 3.90. The smallest absolute Gasteiger partial charge is 0.307 e. The maximum atomic E-state index is 12.6. The van der Waals surface area contributed by atoms with Gasteiger partial charge in [0.25, 0.3) is 0 Å². The lowest BCUT2D eigenvalue weighted by Crippen LogP contribution is -2.40. The van der Waals surface area contributed by atoms with Crippen LogP contribution in [0.4, 0.5) is 0 Å². The Bertz CT molecular complexity index is 655. The van der Waals surface area contributed by atoms with Crippen LogP contribution in [0.5, 0.6) is 0 Å². The normalized spacial score (nSPS) is 27.4. The van der Waals surface area contributed by atoms with Gasteiger partial charge in [0.15, 0.2) is 0 Å². The van der Waals surface area contributed by atoms with Crippen LogP contribution in [0.3, 0.4) is 0 Å². The number of hydrogen-bond donors (Lipinski definition) is 2. The Balaban J connectivity index is 1.66. The number of carbonyl (C=O) groups excluding carboxylic acids is 1. The van der Waals surface area contributed by atoms with Gasteiger partial charge in [-0.25, -0.2) is 0 Å². The van der Waals surface area contributed by atoms with Crippen molar-refractivity contribution in [1.29, 1.82) is 0 Å². The number of rotatable bonds is 7. The van der Waals surface area contributed by atoms with Crippen molar-refractivity contribution in [3.8, 4) is 0 Å². The van der Waals surface area contributed by atoms with Gasteiger partial charge in [-0.1, -0.05) is 36.4 Å². The lowest BCUT2D eigenvalue weighted by atomic mass is 9.82. The topological polar surface area (TPSA) is 75.6 Å². The van der Waals surface area contributed by atoms with Gasteiger partial charge in [0.2, 0.25) is 5.91 Å². The van der Waals surface area contributed by atoms with Gasteiger partial charge in [-0.3, -0.25) is 9.59 Å². The first-order chi connectivity index (χ1) is 11.6. The third kappa shape index (κ3) is 3.22. The minimum absolute atomic E-state index is 0.00603. The first-order valence-electron chi connectivity index (χ1n) is 8.45. The number of fused-ring (bicyclic) bond motifs is 2. The van der Waals surface area contributed by atoms with Gasteiger partial charge in [0.05, 0.1) is 18.4 Å². The molecule has 1 fully saturated rings. The highest BCUT2D eigenvalue weighted by molar-refractivity contribution is 5.86. The average Bonchev–Trinajstić information content (AvgIpc) is 3.19. The first kappa shape index (κ1) is 16.7. The van der Waals surface area contributed by atoms with Gasteiger partial charge in [-0.2, -0.15) is 0 Å². The SMILES string of the molecule is CCOCc1ccccc1CNC(=O)[C@@H]1[C@@H](C(=O)O)[C@H]2C=C[C@H]1C2. The second-order valence-corrected chi connectivity index (χ2v) is 6.46. The lowest BCUT2D eigenvalue weighted by Gasteiger charge is -2.24. The first-order valence-corrected chi connectivity index (χ1v) is 8.45. The Kier molecular flexibility index (Phi) is 5.00. The van der Waals surface area contributed by atoms with Crippen molar-refractivity contribution < 1.29 is 19.4 Å². The lowest BCUT2D eigenvalue weighted by molar-refractivity contribution is -0.147. The summed E-state index contributed by atoms with van der Waals surface area (Å²) in [4.78, 5) is 24.1. The van der Waals surface area contributed by atoms with E-state index in [0.29, 0.717) is 19.8 Å². The monoisotopic (exact) mass is 329 g/mol. The standard InChI is InChI=1S/C19H23NO4/c1-2-24-11-15-6-4-3-5-14(15)10-20-18(21)16-12-7-8-13(9-12)17(16)19(22)23/h3-8,12-13,16-17H,2,9-11H2,1H3,(H,20,21)(H,22,23)/t12-,13-,16-,17-/m0/s1. The van der Waals surface area contributed by atoms with Gasteiger partial charge in [-0.15, -0.1) is 0 Å². The van der Waals surface area contributed by atoms with Crippen molar-refractivity contribution >= 4 is 11.9 Å². The van der Waals surface area contributed by atoms with Crippen molar-refractivity contribution in [3.63, 3.8) is 0 Å². The molecule has 5 nitrogen and oxygen atoms in total. The fourth-order valence-electron chi connectivity index (χ4n) is 3.90. The molecule has 1 aromatic carbocycles. The number of allylic oxidation sites excluding steroid dienone is 2. The van der Waals surface area contributed by atoms with E-state index in [4.69, 9.17) is 4.74 Å². The maximum absolute atomic E-state index is 12.6. The van der Waals surface area contributed by atoms with Crippen LogP contribution in [0, 0.1) is 23.7 Å². The molecule has 1 saturated carbocycles. The number of carboxylic acid groups (broad SMARTS) is 1. The molecular formula is C19H23NO4. The van der Waals surface area contributed by atoms with Crippen molar-refractivity contribution in [3.05, 3.63) is 47.5 Å². The second kappa shape index (κ2) is 7.18. The summed E-state index contributed by atoms with van der Waals surface area (Å²) in [6.45, 7) is 3.49. The molecule has 0 saturated heterocycles. The number of nitrogens with one attached hydrogen (secondary N) is 1. The van der Waals surface area contributed by atoms with Crippen LogP contribution in [0.2, 0.25) is 0 Å². The third-order valence-corrected chi connectivity index (χ3v) is 5.08. The van der Waals surface area contributed by atoms with E-state index in [2.05, 4.69) is 5.32 Å². The van der Waals surface area contributed by atoms with Gasteiger partial charge in [-0.05, 0) is 36.3 Å². The summed E-state index contributed by atoms with van der Waals surface area (Å²) in [5, 5.41) is 12.4. The number of aliphatic carboxylic acids is 1. The van der Waals surface area contributed by atoms with Crippen molar-refractivity contribution in [2.45, 2.75) is 26.5 Å². The van der Waals surface area contributed by atoms with E-state index in [1.54, 1.807) is 0 Å². The zero-order chi connectivity index (χ0) is 17.1. The molecule has 4 atom stereocenters. The minimum Gasteiger partial charge on any atom is -0.481 e. The molecule has 1 amide bonds. The molecule has 3 rings (SSSR count). The molecule has 0 spiro atoms. The largest absolute Gasteiger partial charge is 0.481 e. The van der Waals surface area contributed by atoms with Gasteiger partial charge >= 0.3 is 5.97 Å². The molecule has 1 aromatic rings. The zero-order valence-electron chi connectivity index (χ0n) is 13.8. The summed E-state index contributed by atoms with van der Waals surface area (Å²) in [5.74, 6) is -2.05. The van der Waals surface area contributed by atoms with Crippen molar-refractivity contribution in [1.82, 2.24) is 5.32 Å². The number of carbonyl (C=O) groups is 2. The van der Waals surface area contributed by atoms with Crippen LogP contribution in [-0.2, 0) is 27.5 Å². The summed E-state index contributed by atoms with van der Waals surface area (Å²) >= 11 is 0. The Labute approximate surface area is 141 Å². The summed E-state index contributed by atoms with van der Waals surface area (Å²) < 4.78 is 5.46. The van der Waals surface area contributed by atoms with Crippen LogP contribution < -0.4 is 5.32 Å². The van der Waals surface area contributed by atoms with E-state index in [1.807, 2.05) is 43.3 Å². The summed E-state index contributed by atoms with van der Waals surface area (Å²) in [6, 6.07) is 7.82. The molecule has 2 aliphatic carbocycles. The molecule has 128 valence electrons. The second-order valence-electron chi connectivity index (χ2n) is 6.46. The quantitative estimate of drug-likeness (QED) is 0.753. The summed E-state index contributed by atoms with van der Waals surface area (Å²) in [7, 11) is 0. The summed E-state index contributed by atoms with van der Waals surface area (Å²) in [6.07, 6.45) is 4.72. The summed E-state index contributed by atoms with van der Waals surface area (Å²) in [5.41, 5.74) is 2.05. The van der Waals surface area contributed by atoms with Crippen molar-refractivity contribution in [2.75, 3.05) is 6.61 Å². The maximum Gasteiger partial charge on any atom is 0.307 e. The van der Waals surface area contributed by atoms with Crippen LogP contribution in [-0.4, -0.2) is 23.6 Å². The molecule has 24 heavy (non-hydrogen) atoms. The van der Waals surface area contributed by atoms with E-state index >= 15 is 0 Å². The number of ether oxygens (including phenoxy) is 1. The third-order valence-electron chi connectivity index (χ3n) is 5.08. The number of hydrogen-bond acceptors (Lipinski definition) is 3. The number of carboxylic acids is 1. The predicted octanol–water partition coefficient (Wildman–Crippen LogP) is 2.36. The number of benzene rings is 1. The number of amides is 1. The average molecular weight is 329 g/mol. The minimum atomic E-state index is -0.872. The highest BCUT2D eigenvalue weighted by Gasteiger charge is 2.51. The van der Waals surface area contributed by atoms with E-state index in [0.717, 1.165) is 17.5 Å². The highest BCUT2D eigenvalue weighted by atomic mass is 16.5. The van der Waals surface area contributed by atoms with E-state index in [1.165, 1.54) is 0 Å². The van der Waals surface area contributed by atoms with Crippen LogP contribution >= 0.6 is 0 Å². The Morgan fingerprint density at radius 1 is 1.17 bits per heavy atom. The van der Waals surface area contributed by atoms with Crippen LogP contribution in [0.25, 0.3) is 0 Å². The molecule has 0 aromatic heterocycles. The molecule has 2 aliphatic rings. The molecule has 2 bridgehead atoms. The van der Waals surface area contributed by atoms with Crippen molar-refractivity contribution in [2.24, 2.45) is 23.7 Å². The highest BCUT2D eigenvalue weighted by Crippen LogP contribution is 2.48. The molecule has 5 heteroatoms.